The number of hydrogen-bond acceptors (Lipinski definition) is 2. The summed E-state index contributed by atoms with van der Waals surface area (Å²) in [6.07, 6.45) is 1.85. The monoisotopic (exact) mass is 180 g/mol. The van der Waals surface area contributed by atoms with E-state index in [-0.39, 0.29) is 5.56 Å². The summed E-state index contributed by atoms with van der Waals surface area (Å²) in [7, 11) is 0. The normalized spacial score (nSPS) is 10.8. The maximum absolute atomic E-state index is 11.2. The Labute approximate surface area is 78.2 Å². The zero-order chi connectivity index (χ0) is 9.84. The molecule has 1 N–H and O–H groups in total. The van der Waals surface area contributed by atoms with Gasteiger partial charge in [-0.1, -0.05) is 20.8 Å². The summed E-state index contributed by atoms with van der Waals surface area (Å²) in [5, 5.41) is 0. The molecule has 1 aromatic rings. The van der Waals surface area contributed by atoms with Gasteiger partial charge in [0.15, 0.2) is 0 Å². The lowest BCUT2D eigenvalue weighted by Gasteiger charge is -2.05. The average Bonchev–Trinajstić information content (AvgIpc) is 2.03. The molecule has 0 bridgehead atoms. The second-order valence-electron chi connectivity index (χ2n) is 3.52. The van der Waals surface area contributed by atoms with Gasteiger partial charge in [-0.3, -0.25) is 4.79 Å². The number of H-pyrrole nitrogens is 1. The Hall–Kier alpha value is -1.12. The number of aryl methyl sites for hydroxylation is 1. The molecule has 13 heavy (non-hydrogen) atoms. The van der Waals surface area contributed by atoms with E-state index in [1.165, 1.54) is 0 Å². The van der Waals surface area contributed by atoms with Gasteiger partial charge in [0.2, 0.25) is 0 Å². The van der Waals surface area contributed by atoms with Gasteiger partial charge in [-0.25, -0.2) is 4.98 Å². The minimum atomic E-state index is -0.0397. The van der Waals surface area contributed by atoms with Crippen molar-refractivity contribution >= 4 is 0 Å². The lowest BCUT2D eigenvalue weighted by atomic mass is 10.1. The van der Waals surface area contributed by atoms with Crippen LogP contribution in [-0.2, 0) is 6.42 Å². The Bertz CT molecular complexity index is 328. The van der Waals surface area contributed by atoms with Gasteiger partial charge < -0.3 is 4.98 Å². The number of nitrogens with one attached hydrogen (secondary N) is 1. The molecule has 0 aliphatic rings. The van der Waals surface area contributed by atoms with E-state index in [1.54, 1.807) is 6.07 Å². The van der Waals surface area contributed by atoms with Crippen LogP contribution in [0.15, 0.2) is 10.9 Å². The molecule has 3 nitrogen and oxygen atoms in total. The summed E-state index contributed by atoms with van der Waals surface area (Å²) in [5.41, 5.74) is 0.842. The van der Waals surface area contributed by atoms with Crippen molar-refractivity contribution < 1.29 is 0 Å². The molecule has 0 saturated heterocycles. The van der Waals surface area contributed by atoms with Gasteiger partial charge in [0.1, 0.15) is 5.82 Å². The zero-order valence-electron chi connectivity index (χ0n) is 8.42. The van der Waals surface area contributed by atoms with Crippen molar-refractivity contribution in [1.29, 1.82) is 0 Å². The number of aromatic amines is 1. The first-order valence-electron chi connectivity index (χ1n) is 4.73. The van der Waals surface area contributed by atoms with Crippen molar-refractivity contribution in [1.82, 2.24) is 9.97 Å². The van der Waals surface area contributed by atoms with Gasteiger partial charge in [-0.05, 0) is 12.3 Å². The Morgan fingerprint density at radius 2 is 2.23 bits per heavy atom. The van der Waals surface area contributed by atoms with E-state index in [0.29, 0.717) is 5.92 Å². The largest absolute Gasteiger partial charge is 0.311 e. The van der Waals surface area contributed by atoms with Gasteiger partial charge in [-0.15, -0.1) is 0 Å². The van der Waals surface area contributed by atoms with Crippen LogP contribution in [0.5, 0.6) is 0 Å². The second-order valence-corrected chi connectivity index (χ2v) is 3.52. The van der Waals surface area contributed by atoms with Crippen LogP contribution >= 0.6 is 0 Å². The third-order valence-corrected chi connectivity index (χ3v) is 1.89. The third-order valence-electron chi connectivity index (χ3n) is 1.89. The predicted molar refractivity (Wildman–Crippen MR) is 52.9 cm³/mol. The van der Waals surface area contributed by atoms with E-state index in [9.17, 15) is 4.79 Å². The molecule has 1 rings (SSSR count). The van der Waals surface area contributed by atoms with Crippen molar-refractivity contribution in [3.8, 4) is 0 Å². The first-order valence-corrected chi connectivity index (χ1v) is 4.73. The smallest absolute Gasteiger partial charge is 0.251 e. The van der Waals surface area contributed by atoms with Gasteiger partial charge in [0.25, 0.3) is 5.56 Å². The molecule has 0 atom stereocenters. The zero-order valence-corrected chi connectivity index (χ0v) is 8.42. The molecule has 1 heterocycles. The topological polar surface area (TPSA) is 45.8 Å². The summed E-state index contributed by atoms with van der Waals surface area (Å²) in [6, 6.07) is 1.57. The maximum atomic E-state index is 11.2. The summed E-state index contributed by atoms with van der Waals surface area (Å²) in [5.74, 6) is 1.12. The van der Waals surface area contributed by atoms with Crippen LogP contribution in [0.3, 0.4) is 0 Å². The summed E-state index contributed by atoms with van der Waals surface area (Å²) < 4.78 is 0. The highest BCUT2D eigenvalue weighted by Crippen LogP contribution is 2.08. The Balaban J connectivity index is 3.04. The molecule has 0 radical (unpaired) electrons. The van der Waals surface area contributed by atoms with E-state index >= 15 is 0 Å². The maximum Gasteiger partial charge on any atom is 0.251 e. The molecule has 0 amide bonds. The SMILES string of the molecule is CCCc1nc(C(C)C)cc(=O)[nH]1. The molecular formula is C10H16N2O. The van der Waals surface area contributed by atoms with E-state index in [0.717, 1.165) is 24.4 Å². The molecule has 0 aliphatic carbocycles. The fraction of sp³-hybridized carbons (Fsp3) is 0.600. The number of nitrogens with zero attached hydrogens (tertiary/aromatic N) is 1. The second kappa shape index (κ2) is 4.21. The molecular weight excluding hydrogens is 164 g/mol. The van der Waals surface area contributed by atoms with Crippen LogP contribution in [0.1, 0.15) is 44.6 Å². The van der Waals surface area contributed by atoms with Crippen molar-refractivity contribution in [2.24, 2.45) is 0 Å². The van der Waals surface area contributed by atoms with Crippen LogP contribution in [0.4, 0.5) is 0 Å². The summed E-state index contributed by atoms with van der Waals surface area (Å²) in [6.45, 7) is 6.15. The highest BCUT2D eigenvalue weighted by molar-refractivity contribution is 5.06. The van der Waals surface area contributed by atoms with E-state index in [2.05, 4.69) is 16.9 Å². The molecule has 0 unspecified atom stereocenters. The molecule has 1 aromatic heterocycles. The fourth-order valence-electron chi connectivity index (χ4n) is 1.18. The molecule has 72 valence electrons. The van der Waals surface area contributed by atoms with Gasteiger partial charge in [0.05, 0.1) is 5.69 Å². The van der Waals surface area contributed by atoms with Gasteiger partial charge >= 0.3 is 0 Å². The Morgan fingerprint density at radius 1 is 1.54 bits per heavy atom. The van der Waals surface area contributed by atoms with E-state index in [4.69, 9.17) is 0 Å². The van der Waals surface area contributed by atoms with Crippen LogP contribution < -0.4 is 5.56 Å². The summed E-state index contributed by atoms with van der Waals surface area (Å²) >= 11 is 0. The number of hydrogen-bond donors (Lipinski definition) is 1. The Morgan fingerprint density at radius 3 is 2.77 bits per heavy atom. The molecule has 0 fully saturated rings. The van der Waals surface area contributed by atoms with Crippen molar-refractivity contribution in [3.05, 3.63) is 27.9 Å². The quantitative estimate of drug-likeness (QED) is 0.771. The van der Waals surface area contributed by atoms with E-state index in [1.807, 2.05) is 13.8 Å². The lowest BCUT2D eigenvalue weighted by Crippen LogP contribution is -2.13. The molecule has 0 aliphatic heterocycles. The van der Waals surface area contributed by atoms with Crippen molar-refractivity contribution in [3.63, 3.8) is 0 Å². The van der Waals surface area contributed by atoms with Crippen LogP contribution in [-0.4, -0.2) is 9.97 Å². The fourth-order valence-corrected chi connectivity index (χ4v) is 1.18. The molecule has 3 heteroatoms. The van der Waals surface area contributed by atoms with Gasteiger partial charge in [0, 0.05) is 12.5 Å². The van der Waals surface area contributed by atoms with Crippen LogP contribution in [0.25, 0.3) is 0 Å². The lowest BCUT2D eigenvalue weighted by molar-refractivity contribution is 0.756. The molecule has 0 aromatic carbocycles. The van der Waals surface area contributed by atoms with Crippen molar-refractivity contribution in [2.45, 2.75) is 39.5 Å². The average molecular weight is 180 g/mol. The first-order chi connectivity index (χ1) is 6.13. The number of aromatic nitrogens is 2. The minimum absolute atomic E-state index is 0.0397. The van der Waals surface area contributed by atoms with Crippen molar-refractivity contribution in [2.75, 3.05) is 0 Å². The summed E-state index contributed by atoms with van der Waals surface area (Å²) in [4.78, 5) is 18.3. The van der Waals surface area contributed by atoms with E-state index < -0.39 is 0 Å². The van der Waals surface area contributed by atoms with Gasteiger partial charge in [-0.2, -0.15) is 0 Å². The third kappa shape index (κ3) is 2.68. The standard InChI is InChI=1S/C10H16N2O/c1-4-5-9-11-8(7(2)3)6-10(13)12-9/h6-7H,4-5H2,1-3H3,(H,11,12,13). The van der Waals surface area contributed by atoms with Crippen LogP contribution in [0, 0.1) is 0 Å². The molecule has 0 saturated carbocycles. The number of rotatable bonds is 3. The highest BCUT2D eigenvalue weighted by atomic mass is 16.1. The Kier molecular flexibility index (Phi) is 3.23. The highest BCUT2D eigenvalue weighted by Gasteiger charge is 2.03. The predicted octanol–water partition coefficient (Wildman–Crippen LogP) is 1.85. The molecule has 0 spiro atoms. The first kappa shape index (κ1) is 9.96. The van der Waals surface area contributed by atoms with Crippen LogP contribution in [0.2, 0.25) is 0 Å². The minimum Gasteiger partial charge on any atom is -0.311 e.